The van der Waals surface area contributed by atoms with Gasteiger partial charge in [-0.1, -0.05) is 0 Å². The zero-order chi connectivity index (χ0) is 20.8. The van der Waals surface area contributed by atoms with Gasteiger partial charge in [0.25, 0.3) is 0 Å². The number of hydrogen-bond donors (Lipinski definition) is 1. The van der Waals surface area contributed by atoms with Crippen molar-refractivity contribution >= 4 is 17.4 Å². The van der Waals surface area contributed by atoms with Crippen molar-refractivity contribution < 1.29 is 23.8 Å². The standard InChI is InChI=1S/C23H27NO5/c1-4-27-22-13-18-12-15(2)29-21(18)14-20(22)24-23(26)6-5-11-28-19-9-7-17(8-10-19)16(3)25/h7-10,13-15H,4-6,11-12H2,1-3H3,(H,24,26)/t15-/m1/s1. The van der Waals surface area contributed by atoms with Crippen LogP contribution >= 0.6 is 0 Å². The third-order valence-electron chi connectivity index (χ3n) is 4.65. The molecule has 0 radical (unpaired) electrons. The van der Waals surface area contributed by atoms with Crippen LogP contribution in [0.4, 0.5) is 5.69 Å². The van der Waals surface area contributed by atoms with Gasteiger partial charge < -0.3 is 19.5 Å². The van der Waals surface area contributed by atoms with Crippen molar-refractivity contribution in [1.82, 2.24) is 0 Å². The maximum atomic E-state index is 12.4. The maximum absolute atomic E-state index is 12.4. The summed E-state index contributed by atoms with van der Waals surface area (Å²) in [4.78, 5) is 23.6. The topological polar surface area (TPSA) is 73.9 Å². The summed E-state index contributed by atoms with van der Waals surface area (Å²) in [5.74, 6) is 2.06. The fraction of sp³-hybridized carbons (Fsp3) is 0.391. The molecule has 1 amide bonds. The Hall–Kier alpha value is -3.02. The minimum Gasteiger partial charge on any atom is -0.494 e. The summed E-state index contributed by atoms with van der Waals surface area (Å²) in [6.45, 7) is 6.40. The first kappa shape index (κ1) is 20.7. The lowest BCUT2D eigenvalue weighted by Crippen LogP contribution is -2.14. The first-order chi connectivity index (χ1) is 14.0. The number of amides is 1. The predicted octanol–water partition coefficient (Wildman–Crippen LogP) is 4.41. The summed E-state index contributed by atoms with van der Waals surface area (Å²) in [7, 11) is 0. The van der Waals surface area contributed by atoms with Crippen molar-refractivity contribution in [3.63, 3.8) is 0 Å². The number of anilines is 1. The summed E-state index contributed by atoms with van der Waals surface area (Å²) >= 11 is 0. The molecule has 0 saturated heterocycles. The van der Waals surface area contributed by atoms with Crippen LogP contribution in [0.25, 0.3) is 0 Å². The minimum absolute atomic E-state index is 0.0195. The molecular weight excluding hydrogens is 370 g/mol. The van der Waals surface area contributed by atoms with Crippen LogP contribution in [0.1, 0.15) is 49.5 Å². The van der Waals surface area contributed by atoms with Gasteiger partial charge >= 0.3 is 0 Å². The molecule has 1 N–H and O–H groups in total. The number of ether oxygens (including phenoxy) is 3. The lowest BCUT2D eigenvalue weighted by molar-refractivity contribution is -0.116. The summed E-state index contributed by atoms with van der Waals surface area (Å²) in [5.41, 5.74) is 2.38. The first-order valence-electron chi connectivity index (χ1n) is 9.96. The first-order valence-corrected chi connectivity index (χ1v) is 9.96. The summed E-state index contributed by atoms with van der Waals surface area (Å²) in [5, 5.41) is 2.92. The third kappa shape index (κ3) is 5.50. The molecule has 6 nitrogen and oxygen atoms in total. The molecule has 0 fully saturated rings. The normalized spacial score (nSPS) is 14.7. The number of ketones is 1. The Balaban J connectivity index is 1.50. The van der Waals surface area contributed by atoms with Crippen LogP contribution in [0.5, 0.6) is 17.2 Å². The molecule has 0 unspecified atom stereocenters. The Kier molecular flexibility index (Phi) is 6.75. The fourth-order valence-corrected chi connectivity index (χ4v) is 3.23. The second-order valence-corrected chi connectivity index (χ2v) is 7.10. The number of fused-ring (bicyclic) bond motifs is 1. The van der Waals surface area contributed by atoms with E-state index in [4.69, 9.17) is 14.2 Å². The smallest absolute Gasteiger partial charge is 0.224 e. The van der Waals surface area contributed by atoms with E-state index in [-0.39, 0.29) is 17.8 Å². The molecule has 2 aromatic rings. The lowest BCUT2D eigenvalue weighted by atomic mass is 10.1. The molecule has 1 atom stereocenters. The molecule has 0 saturated carbocycles. The second-order valence-electron chi connectivity index (χ2n) is 7.10. The number of hydrogen-bond acceptors (Lipinski definition) is 5. The molecule has 29 heavy (non-hydrogen) atoms. The number of Topliss-reactive ketones (excluding diaryl/α,β-unsaturated/α-hetero) is 1. The molecule has 0 aliphatic carbocycles. The second kappa shape index (κ2) is 9.45. The van der Waals surface area contributed by atoms with E-state index in [9.17, 15) is 9.59 Å². The largest absolute Gasteiger partial charge is 0.494 e. The van der Waals surface area contributed by atoms with E-state index >= 15 is 0 Å². The van der Waals surface area contributed by atoms with Gasteiger partial charge in [0.1, 0.15) is 23.4 Å². The van der Waals surface area contributed by atoms with Crippen molar-refractivity contribution in [1.29, 1.82) is 0 Å². The Morgan fingerprint density at radius 1 is 1.17 bits per heavy atom. The molecule has 0 bridgehead atoms. The summed E-state index contributed by atoms with van der Waals surface area (Å²) < 4.78 is 17.1. The summed E-state index contributed by atoms with van der Waals surface area (Å²) in [6.07, 6.45) is 1.87. The number of carbonyl (C=O) groups is 2. The molecule has 0 spiro atoms. The zero-order valence-electron chi connectivity index (χ0n) is 17.1. The van der Waals surface area contributed by atoms with E-state index in [1.807, 2.05) is 26.0 Å². The number of nitrogens with one attached hydrogen (secondary N) is 1. The number of benzene rings is 2. The average molecular weight is 397 g/mol. The van der Waals surface area contributed by atoms with Crippen LogP contribution in [-0.4, -0.2) is 31.0 Å². The molecule has 1 aliphatic rings. The van der Waals surface area contributed by atoms with E-state index in [2.05, 4.69) is 5.32 Å². The quantitative estimate of drug-likeness (QED) is 0.501. The van der Waals surface area contributed by atoms with Crippen molar-refractivity contribution in [3.8, 4) is 17.2 Å². The highest BCUT2D eigenvalue weighted by molar-refractivity contribution is 5.94. The van der Waals surface area contributed by atoms with Gasteiger partial charge in [0, 0.05) is 30.0 Å². The third-order valence-corrected chi connectivity index (χ3v) is 4.65. The van der Waals surface area contributed by atoms with Gasteiger partial charge in [-0.3, -0.25) is 9.59 Å². The van der Waals surface area contributed by atoms with Crippen molar-refractivity contribution in [2.75, 3.05) is 18.5 Å². The lowest BCUT2D eigenvalue weighted by Gasteiger charge is -2.13. The summed E-state index contributed by atoms with van der Waals surface area (Å²) in [6, 6.07) is 10.8. The van der Waals surface area contributed by atoms with E-state index < -0.39 is 0 Å². The fourth-order valence-electron chi connectivity index (χ4n) is 3.23. The van der Waals surface area contributed by atoms with Crippen molar-refractivity contribution in [2.24, 2.45) is 0 Å². The van der Waals surface area contributed by atoms with Crippen molar-refractivity contribution in [3.05, 3.63) is 47.5 Å². The van der Waals surface area contributed by atoms with E-state index in [1.165, 1.54) is 6.92 Å². The molecule has 2 aromatic carbocycles. The van der Waals surface area contributed by atoms with Crippen LogP contribution in [0.15, 0.2) is 36.4 Å². The van der Waals surface area contributed by atoms with Gasteiger partial charge in [-0.15, -0.1) is 0 Å². The Morgan fingerprint density at radius 2 is 1.93 bits per heavy atom. The van der Waals surface area contributed by atoms with Crippen LogP contribution < -0.4 is 19.5 Å². The van der Waals surface area contributed by atoms with Crippen LogP contribution in [-0.2, 0) is 11.2 Å². The average Bonchev–Trinajstić information content (AvgIpc) is 3.05. The van der Waals surface area contributed by atoms with Gasteiger partial charge in [-0.05, 0) is 57.5 Å². The molecule has 154 valence electrons. The number of rotatable bonds is 9. The monoisotopic (exact) mass is 397 g/mol. The van der Waals surface area contributed by atoms with Crippen LogP contribution in [0, 0.1) is 0 Å². The van der Waals surface area contributed by atoms with Gasteiger partial charge in [0.2, 0.25) is 5.91 Å². The maximum Gasteiger partial charge on any atom is 0.224 e. The Morgan fingerprint density at radius 3 is 2.62 bits per heavy atom. The van der Waals surface area contributed by atoms with E-state index in [0.717, 1.165) is 17.7 Å². The van der Waals surface area contributed by atoms with E-state index in [0.29, 0.717) is 48.8 Å². The molecule has 6 heteroatoms. The minimum atomic E-state index is -0.104. The molecular formula is C23H27NO5. The Labute approximate surface area is 171 Å². The molecule has 1 aliphatic heterocycles. The van der Waals surface area contributed by atoms with Crippen LogP contribution in [0.2, 0.25) is 0 Å². The highest BCUT2D eigenvalue weighted by Gasteiger charge is 2.22. The SMILES string of the molecule is CCOc1cc2c(cc1NC(=O)CCCOc1ccc(C(C)=O)cc1)O[C@H](C)C2. The molecule has 1 heterocycles. The number of carbonyl (C=O) groups excluding carboxylic acids is 2. The zero-order valence-corrected chi connectivity index (χ0v) is 17.1. The van der Waals surface area contributed by atoms with E-state index in [1.54, 1.807) is 24.3 Å². The van der Waals surface area contributed by atoms with Gasteiger partial charge in [0.15, 0.2) is 5.78 Å². The van der Waals surface area contributed by atoms with Gasteiger partial charge in [-0.2, -0.15) is 0 Å². The molecule has 3 rings (SSSR count). The molecule has 0 aromatic heterocycles. The van der Waals surface area contributed by atoms with Gasteiger partial charge in [-0.25, -0.2) is 0 Å². The van der Waals surface area contributed by atoms with Crippen molar-refractivity contribution in [2.45, 2.75) is 46.1 Å². The van der Waals surface area contributed by atoms with Gasteiger partial charge in [0.05, 0.1) is 18.9 Å². The van der Waals surface area contributed by atoms with Crippen LogP contribution in [0.3, 0.4) is 0 Å². The predicted molar refractivity (Wildman–Crippen MR) is 111 cm³/mol. The Bertz CT molecular complexity index is 876. The highest BCUT2D eigenvalue weighted by atomic mass is 16.5. The highest BCUT2D eigenvalue weighted by Crippen LogP contribution is 2.38.